The van der Waals surface area contributed by atoms with Crippen LogP contribution in [0.25, 0.3) is 0 Å². The zero-order valence-corrected chi connectivity index (χ0v) is 13.2. The SMILES string of the molecule is CCN(CC(=O)O)C(=O)C1(c2ccc(Cl)c(Cl)c2)CCC1. The molecule has 4 nitrogen and oxygen atoms in total. The topological polar surface area (TPSA) is 57.6 Å². The van der Waals surface area contributed by atoms with E-state index >= 15 is 0 Å². The summed E-state index contributed by atoms with van der Waals surface area (Å²) in [6.07, 6.45) is 2.36. The van der Waals surface area contributed by atoms with E-state index in [0.717, 1.165) is 12.0 Å². The lowest BCUT2D eigenvalue weighted by Crippen LogP contribution is -2.52. The van der Waals surface area contributed by atoms with Gasteiger partial charge in [-0.05, 0) is 37.5 Å². The Balaban J connectivity index is 2.34. The maximum atomic E-state index is 12.8. The van der Waals surface area contributed by atoms with Crippen LogP contribution in [0.15, 0.2) is 18.2 Å². The number of carboxylic acids is 1. The van der Waals surface area contributed by atoms with Crippen molar-refractivity contribution in [2.45, 2.75) is 31.6 Å². The summed E-state index contributed by atoms with van der Waals surface area (Å²) in [5, 5.41) is 9.80. The molecule has 0 aliphatic heterocycles. The number of benzene rings is 1. The monoisotopic (exact) mass is 329 g/mol. The van der Waals surface area contributed by atoms with Crippen molar-refractivity contribution < 1.29 is 14.7 Å². The molecule has 0 atom stereocenters. The van der Waals surface area contributed by atoms with Crippen LogP contribution < -0.4 is 0 Å². The van der Waals surface area contributed by atoms with Gasteiger partial charge in [0.05, 0.1) is 15.5 Å². The van der Waals surface area contributed by atoms with Crippen LogP contribution in [0.2, 0.25) is 10.0 Å². The number of aliphatic carboxylic acids is 1. The lowest BCUT2D eigenvalue weighted by Gasteiger charge is -2.43. The average Bonchev–Trinajstić information content (AvgIpc) is 2.38. The van der Waals surface area contributed by atoms with Crippen LogP contribution in [0.3, 0.4) is 0 Å². The minimum atomic E-state index is -1.01. The van der Waals surface area contributed by atoms with E-state index in [1.807, 2.05) is 0 Å². The zero-order valence-electron chi connectivity index (χ0n) is 11.7. The van der Waals surface area contributed by atoms with E-state index in [2.05, 4.69) is 0 Å². The third-order valence-corrected chi connectivity index (χ3v) is 4.82. The molecule has 1 N–H and O–H groups in total. The first-order valence-electron chi connectivity index (χ1n) is 6.87. The molecule has 1 amide bonds. The smallest absolute Gasteiger partial charge is 0.323 e. The highest BCUT2D eigenvalue weighted by Gasteiger charge is 2.47. The van der Waals surface area contributed by atoms with Crippen molar-refractivity contribution in [2.24, 2.45) is 0 Å². The number of hydrogen-bond acceptors (Lipinski definition) is 2. The Kier molecular flexibility index (Phi) is 4.79. The Morgan fingerprint density at radius 2 is 1.95 bits per heavy atom. The number of rotatable bonds is 5. The average molecular weight is 330 g/mol. The van der Waals surface area contributed by atoms with Crippen LogP contribution in [0, 0.1) is 0 Å². The first-order valence-corrected chi connectivity index (χ1v) is 7.63. The summed E-state index contributed by atoms with van der Waals surface area (Å²) in [6, 6.07) is 5.20. The van der Waals surface area contributed by atoms with Crippen molar-refractivity contribution in [3.8, 4) is 0 Å². The van der Waals surface area contributed by atoms with Gasteiger partial charge in [-0.15, -0.1) is 0 Å². The maximum absolute atomic E-state index is 12.8. The minimum Gasteiger partial charge on any atom is -0.480 e. The summed E-state index contributed by atoms with van der Waals surface area (Å²) >= 11 is 12.0. The summed E-state index contributed by atoms with van der Waals surface area (Å²) < 4.78 is 0. The van der Waals surface area contributed by atoms with E-state index in [0.29, 0.717) is 29.4 Å². The molecule has 1 fully saturated rings. The van der Waals surface area contributed by atoms with E-state index in [-0.39, 0.29) is 12.5 Å². The highest BCUT2D eigenvalue weighted by molar-refractivity contribution is 6.42. The molecule has 1 saturated carbocycles. The maximum Gasteiger partial charge on any atom is 0.323 e. The molecule has 2 rings (SSSR count). The minimum absolute atomic E-state index is 0.142. The van der Waals surface area contributed by atoms with Crippen LogP contribution in [0.4, 0.5) is 0 Å². The van der Waals surface area contributed by atoms with Crippen molar-refractivity contribution in [2.75, 3.05) is 13.1 Å². The predicted octanol–water partition coefficient (Wildman–Crippen LogP) is 3.35. The van der Waals surface area contributed by atoms with Gasteiger partial charge in [0.15, 0.2) is 0 Å². The van der Waals surface area contributed by atoms with Crippen LogP contribution in [-0.2, 0) is 15.0 Å². The van der Waals surface area contributed by atoms with Gasteiger partial charge in [-0.2, -0.15) is 0 Å². The lowest BCUT2D eigenvalue weighted by atomic mass is 9.63. The molecule has 0 bridgehead atoms. The third kappa shape index (κ3) is 3.01. The molecule has 6 heteroatoms. The zero-order chi connectivity index (χ0) is 15.6. The van der Waals surface area contributed by atoms with Crippen molar-refractivity contribution >= 4 is 35.1 Å². The van der Waals surface area contributed by atoms with Crippen molar-refractivity contribution in [1.29, 1.82) is 0 Å². The first kappa shape index (κ1) is 16.1. The van der Waals surface area contributed by atoms with Gasteiger partial charge in [-0.1, -0.05) is 35.7 Å². The highest BCUT2D eigenvalue weighted by Crippen LogP contribution is 2.46. The molecule has 0 radical (unpaired) electrons. The van der Waals surface area contributed by atoms with E-state index in [4.69, 9.17) is 28.3 Å². The van der Waals surface area contributed by atoms with Gasteiger partial charge in [0, 0.05) is 6.54 Å². The molecular formula is C15H17Cl2NO3. The van der Waals surface area contributed by atoms with Crippen molar-refractivity contribution in [3.05, 3.63) is 33.8 Å². The quantitative estimate of drug-likeness (QED) is 0.901. The Labute approximate surface area is 133 Å². The normalized spacial score (nSPS) is 16.1. The molecule has 1 aromatic rings. The molecule has 21 heavy (non-hydrogen) atoms. The predicted molar refractivity (Wildman–Crippen MR) is 81.9 cm³/mol. The number of carbonyl (C=O) groups is 2. The van der Waals surface area contributed by atoms with Gasteiger partial charge in [-0.25, -0.2) is 0 Å². The van der Waals surface area contributed by atoms with Crippen LogP contribution in [0.1, 0.15) is 31.7 Å². The van der Waals surface area contributed by atoms with Crippen LogP contribution in [0.5, 0.6) is 0 Å². The summed E-state index contributed by atoms with van der Waals surface area (Å²) in [4.78, 5) is 25.1. The molecule has 0 heterocycles. The van der Waals surface area contributed by atoms with E-state index < -0.39 is 11.4 Å². The van der Waals surface area contributed by atoms with E-state index in [1.54, 1.807) is 25.1 Å². The first-order chi connectivity index (χ1) is 9.90. The molecule has 1 aliphatic carbocycles. The number of carbonyl (C=O) groups excluding carboxylic acids is 1. The standard InChI is InChI=1S/C15H17Cl2NO3/c1-2-18(9-13(19)20)14(21)15(6-3-7-15)10-4-5-11(16)12(17)8-10/h4-5,8H,2-3,6-7,9H2,1H3,(H,19,20). The van der Waals surface area contributed by atoms with Crippen molar-refractivity contribution in [1.82, 2.24) is 4.90 Å². The summed E-state index contributed by atoms with van der Waals surface area (Å²) in [7, 11) is 0. The number of hydrogen-bond donors (Lipinski definition) is 1. The van der Waals surface area contributed by atoms with Crippen LogP contribution in [-0.4, -0.2) is 35.0 Å². The van der Waals surface area contributed by atoms with Gasteiger partial charge >= 0.3 is 5.97 Å². The van der Waals surface area contributed by atoms with Gasteiger partial charge in [0.2, 0.25) is 5.91 Å². The van der Waals surface area contributed by atoms with E-state index in [1.165, 1.54) is 4.90 Å². The number of amides is 1. The van der Waals surface area contributed by atoms with E-state index in [9.17, 15) is 9.59 Å². The summed E-state index contributed by atoms with van der Waals surface area (Å²) in [6.45, 7) is 1.87. The highest BCUT2D eigenvalue weighted by atomic mass is 35.5. The fourth-order valence-corrected chi connectivity index (χ4v) is 3.04. The number of likely N-dealkylation sites (N-methyl/N-ethyl adjacent to an activating group) is 1. The Morgan fingerprint density at radius 3 is 2.38 bits per heavy atom. The Morgan fingerprint density at radius 1 is 1.29 bits per heavy atom. The molecule has 0 saturated heterocycles. The van der Waals surface area contributed by atoms with Crippen LogP contribution >= 0.6 is 23.2 Å². The largest absolute Gasteiger partial charge is 0.480 e. The molecule has 0 aromatic heterocycles. The molecule has 114 valence electrons. The molecule has 1 aliphatic rings. The van der Waals surface area contributed by atoms with Gasteiger partial charge in [-0.3, -0.25) is 9.59 Å². The molecule has 0 unspecified atom stereocenters. The van der Waals surface area contributed by atoms with Gasteiger partial charge < -0.3 is 10.0 Å². The Bertz CT molecular complexity index is 570. The molecule has 0 spiro atoms. The Hall–Kier alpha value is -1.26. The second-order valence-electron chi connectivity index (χ2n) is 5.28. The van der Waals surface area contributed by atoms with Gasteiger partial charge in [0.1, 0.15) is 6.54 Å². The van der Waals surface area contributed by atoms with Gasteiger partial charge in [0.25, 0.3) is 0 Å². The number of nitrogens with zero attached hydrogens (tertiary/aromatic N) is 1. The number of halogens is 2. The molecular weight excluding hydrogens is 313 g/mol. The fraction of sp³-hybridized carbons (Fsp3) is 0.467. The summed E-state index contributed by atoms with van der Waals surface area (Å²) in [5.74, 6) is -1.15. The third-order valence-electron chi connectivity index (χ3n) is 4.08. The number of carboxylic acid groups (broad SMARTS) is 1. The fourth-order valence-electron chi connectivity index (χ4n) is 2.74. The second-order valence-corrected chi connectivity index (χ2v) is 6.09. The van der Waals surface area contributed by atoms with Crippen molar-refractivity contribution in [3.63, 3.8) is 0 Å². The molecule has 1 aromatic carbocycles. The second kappa shape index (κ2) is 6.24. The summed E-state index contributed by atoms with van der Waals surface area (Å²) in [5.41, 5.74) is 0.164. The lowest BCUT2D eigenvalue weighted by molar-refractivity contribution is -0.149.